The molecule has 54 valence electrons. The lowest BCUT2D eigenvalue weighted by atomic mass is 10.2. The summed E-state index contributed by atoms with van der Waals surface area (Å²) >= 11 is 4.14. The monoisotopic (exact) mass is 146 g/mol. The van der Waals surface area contributed by atoms with Crippen LogP contribution in [0.25, 0.3) is 0 Å². The molecule has 2 radical (unpaired) electrons. The summed E-state index contributed by atoms with van der Waals surface area (Å²) in [7, 11) is 3.97. The molecule has 0 aliphatic rings. The fourth-order valence-electron chi connectivity index (χ4n) is 0.677. The molecule has 0 aliphatic carbocycles. The summed E-state index contributed by atoms with van der Waals surface area (Å²) < 4.78 is 0. The minimum Gasteiger partial charge on any atom is -0.214 e. The van der Waals surface area contributed by atoms with E-state index in [-0.39, 0.29) is 0 Å². The van der Waals surface area contributed by atoms with Gasteiger partial charge >= 0.3 is 0 Å². The SMILES string of the molecule is CCCCCCC.[B]Cl. The molecule has 0 N–H and O–H groups in total. The number of rotatable bonds is 4. The topological polar surface area (TPSA) is 0 Å². The van der Waals surface area contributed by atoms with Crippen molar-refractivity contribution in [2.75, 3.05) is 0 Å². The molecule has 0 nitrogen and oxygen atoms in total. The van der Waals surface area contributed by atoms with Crippen molar-refractivity contribution in [1.29, 1.82) is 0 Å². The predicted molar refractivity (Wildman–Crippen MR) is 46.0 cm³/mol. The molecule has 0 aromatic rings. The normalized spacial score (nSPS) is 7.89. The third kappa shape index (κ3) is 17.8. The van der Waals surface area contributed by atoms with Crippen molar-refractivity contribution in [2.45, 2.75) is 46.0 Å². The highest BCUT2D eigenvalue weighted by Crippen LogP contribution is 2.00. The molecule has 0 fully saturated rings. The van der Waals surface area contributed by atoms with Crippen molar-refractivity contribution < 1.29 is 0 Å². The van der Waals surface area contributed by atoms with Gasteiger partial charge < -0.3 is 0 Å². The first-order valence-electron chi connectivity index (χ1n) is 3.63. The van der Waals surface area contributed by atoms with Crippen LogP contribution in [0.3, 0.4) is 0 Å². The van der Waals surface area contributed by atoms with Crippen LogP contribution in [0.4, 0.5) is 0 Å². The van der Waals surface area contributed by atoms with E-state index in [0.717, 1.165) is 0 Å². The highest BCUT2D eigenvalue weighted by atomic mass is 35.5. The summed E-state index contributed by atoms with van der Waals surface area (Å²) in [6.07, 6.45) is 7.01. The van der Waals surface area contributed by atoms with E-state index in [9.17, 15) is 0 Å². The fourth-order valence-corrected chi connectivity index (χ4v) is 0.677. The van der Waals surface area contributed by atoms with Gasteiger partial charge in [-0.25, -0.2) is 11.5 Å². The van der Waals surface area contributed by atoms with Crippen molar-refractivity contribution >= 4 is 18.7 Å². The molecule has 0 amide bonds. The molecule has 9 heavy (non-hydrogen) atoms. The van der Waals surface area contributed by atoms with E-state index in [4.69, 9.17) is 0 Å². The van der Waals surface area contributed by atoms with Crippen LogP contribution >= 0.6 is 11.5 Å². The highest BCUT2D eigenvalue weighted by Gasteiger charge is 1.80. The Labute approximate surface area is 65.3 Å². The summed E-state index contributed by atoms with van der Waals surface area (Å²) in [6.45, 7) is 4.49. The molecule has 0 atom stereocenters. The summed E-state index contributed by atoms with van der Waals surface area (Å²) in [4.78, 5) is 0. The van der Waals surface area contributed by atoms with Crippen LogP contribution in [-0.4, -0.2) is 7.26 Å². The van der Waals surface area contributed by atoms with E-state index in [1.54, 1.807) is 0 Å². The second-order valence-electron chi connectivity index (χ2n) is 2.06. The van der Waals surface area contributed by atoms with Crippen molar-refractivity contribution in [3.05, 3.63) is 0 Å². The van der Waals surface area contributed by atoms with E-state index >= 15 is 0 Å². The zero-order valence-electron chi connectivity index (χ0n) is 6.49. The largest absolute Gasteiger partial charge is 0.214 e. The average molecular weight is 146 g/mol. The Bertz CT molecular complexity index is 28.1. The molecule has 2 heteroatoms. The Hall–Kier alpha value is 0.355. The van der Waals surface area contributed by atoms with E-state index in [0.29, 0.717) is 0 Å². The molecular weight excluding hydrogens is 130 g/mol. The Morgan fingerprint density at radius 1 is 0.889 bits per heavy atom. The van der Waals surface area contributed by atoms with Gasteiger partial charge in [0.05, 0.1) is 0 Å². The van der Waals surface area contributed by atoms with Crippen LogP contribution < -0.4 is 0 Å². The summed E-state index contributed by atoms with van der Waals surface area (Å²) in [5.41, 5.74) is 0. The van der Waals surface area contributed by atoms with E-state index in [1.165, 1.54) is 32.1 Å². The van der Waals surface area contributed by atoms with E-state index in [2.05, 4.69) is 32.6 Å². The summed E-state index contributed by atoms with van der Waals surface area (Å²) in [6, 6.07) is 0. The smallest absolute Gasteiger partial charge is 0.214 e. The maximum atomic E-state index is 4.14. The average Bonchev–Trinajstić information content (AvgIpc) is 1.94. The van der Waals surface area contributed by atoms with Gasteiger partial charge in [-0.1, -0.05) is 46.0 Å². The van der Waals surface area contributed by atoms with Crippen molar-refractivity contribution in [3.63, 3.8) is 0 Å². The fraction of sp³-hybridized carbons (Fsp3) is 1.00. The third-order valence-corrected chi connectivity index (χ3v) is 1.21. The van der Waals surface area contributed by atoms with Gasteiger partial charge in [-0.15, -0.1) is 0 Å². The second kappa shape index (κ2) is 15.8. The molecule has 0 aliphatic heterocycles. The van der Waals surface area contributed by atoms with Crippen LogP contribution in [0.5, 0.6) is 0 Å². The minimum atomic E-state index is 1.36. The van der Waals surface area contributed by atoms with Gasteiger partial charge in [0.15, 0.2) is 0 Å². The molecule has 0 saturated heterocycles. The van der Waals surface area contributed by atoms with Crippen LogP contribution in [-0.2, 0) is 0 Å². The van der Waals surface area contributed by atoms with Crippen molar-refractivity contribution in [2.24, 2.45) is 0 Å². The summed E-state index contributed by atoms with van der Waals surface area (Å²) in [5.74, 6) is 0. The molecule has 0 rings (SSSR count). The zero-order valence-corrected chi connectivity index (χ0v) is 7.25. The van der Waals surface area contributed by atoms with Crippen molar-refractivity contribution in [1.82, 2.24) is 0 Å². The Kier molecular flexibility index (Phi) is 21.1. The van der Waals surface area contributed by atoms with Gasteiger partial charge in [0.1, 0.15) is 0 Å². The lowest BCUT2D eigenvalue weighted by Crippen LogP contribution is -1.70. The molecule has 0 saturated carbocycles. The first-order chi connectivity index (χ1) is 4.41. The Morgan fingerprint density at radius 2 is 1.22 bits per heavy atom. The van der Waals surface area contributed by atoms with Gasteiger partial charge in [0.25, 0.3) is 0 Å². The second-order valence-corrected chi connectivity index (χ2v) is 2.06. The third-order valence-electron chi connectivity index (χ3n) is 1.21. The van der Waals surface area contributed by atoms with E-state index in [1.807, 2.05) is 0 Å². The quantitative estimate of drug-likeness (QED) is 0.422. The van der Waals surface area contributed by atoms with Gasteiger partial charge in [-0.3, -0.25) is 0 Å². The molecule has 0 heterocycles. The standard InChI is InChI=1S/C7H16.BCl/c1-3-5-7-6-4-2;1-2/h3-7H2,1-2H3;. The van der Waals surface area contributed by atoms with E-state index < -0.39 is 0 Å². The molecular formula is C7H16BCl. The molecule has 0 aromatic carbocycles. The molecule has 0 unspecified atom stereocenters. The first kappa shape index (κ1) is 12.1. The predicted octanol–water partition coefficient (Wildman–Crippen LogP) is 3.29. The van der Waals surface area contributed by atoms with Crippen LogP contribution in [0, 0.1) is 0 Å². The van der Waals surface area contributed by atoms with Crippen LogP contribution in [0.15, 0.2) is 0 Å². The molecule has 0 spiro atoms. The lowest BCUT2D eigenvalue weighted by Gasteiger charge is -1.90. The maximum Gasteiger partial charge on any atom is 0.214 e. The van der Waals surface area contributed by atoms with Crippen LogP contribution in [0.2, 0.25) is 0 Å². The first-order valence-corrected chi connectivity index (χ1v) is 4.07. The van der Waals surface area contributed by atoms with Gasteiger partial charge in [0, 0.05) is 0 Å². The number of hydrogen-bond donors (Lipinski definition) is 0. The number of hydrogen-bond acceptors (Lipinski definition) is 0. The van der Waals surface area contributed by atoms with Crippen LogP contribution in [0.1, 0.15) is 46.0 Å². The maximum absolute atomic E-state index is 4.14. The minimum absolute atomic E-state index is 1.36. The Morgan fingerprint density at radius 3 is 1.44 bits per heavy atom. The van der Waals surface area contributed by atoms with Gasteiger partial charge in [-0.2, -0.15) is 0 Å². The Balaban J connectivity index is 0. The lowest BCUT2D eigenvalue weighted by molar-refractivity contribution is 0.656. The number of unbranched alkanes of at least 4 members (excludes halogenated alkanes) is 4. The molecule has 0 aromatic heterocycles. The van der Waals surface area contributed by atoms with Gasteiger partial charge in [0.2, 0.25) is 7.26 Å². The molecule has 0 bridgehead atoms. The van der Waals surface area contributed by atoms with Crippen molar-refractivity contribution in [3.8, 4) is 0 Å². The van der Waals surface area contributed by atoms with Gasteiger partial charge in [-0.05, 0) is 0 Å². The number of halogens is 1. The summed E-state index contributed by atoms with van der Waals surface area (Å²) in [5, 5.41) is 0. The highest BCUT2D eigenvalue weighted by molar-refractivity contribution is 6.80. The zero-order chi connectivity index (χ0) is 7.54.